The van der Waals surface area contributed by atoms with E-state index < -0.39 is 0 Å². The first-order chi connectivity index (χ1) is 8.75. The van der Waals surface area contributed by atoms with Gasteiger partial charge in [0.25, 0.3) is 0 Å². The Labute approximate surface area is 131 Å². The Hall–Kier alpha value is -0.780. The zero-order chi connectivity index (χ0) is 12.6. The van der Waals surface area contributed by atoms with Crippen molar-refractivity contribution in [2.24, 2.45) is 11.1 Å². The summed E-state index contributed by atoms with van der Waals surface area (Å²) in [5, 5.41) is 0. The van der Waals surface area contributed by atoms with Crippen LogP contribution < -0.4 is 5.73 Å². The van der Waals surface area contributed by atoms with Crippen molar-refractivity contribution in [1.82, 2.24) is 14.5 Å². The van der Waals surface area contributed by atoms with Crippen LogP contribution in [-0.4, -0.2) is 33.4 Å². The van der Waals surface area contributed by atoms with Gasteiger partial charge in [-0.2, -0.15) is 0 Å². The molecule has 0 saturated heterocycles. The van der Waals surface area contributed by atoms with Crippen LogP contribution in [0.1, 0.15) is 31.5 Å². The van der Waals surface area contributed by atoms with Crippen LogP contribution in [0.15, 0.2) is 12.4 Å². The number of nitrogens with zero attached hydrogens (tertiary/aromatic N) is 3. The average molecular weight is 321 g/mol. The van der Waals surface area contributed by atoms with E-state index >= 15 is 0 Å². The third-order valence-corrected chi connectivity index (χ3v) is 4.44. The fraction of sp³-hybridized carbons (Fsp3) is 0.692. The predicted molar refractivity (Wildman–Crippen MR) is 82.1 cm³/mol. The highest BCUT2D eigenvalue weighted by Crippen LogP contribution is 2.39. The Bertz CT molecular complexity index is 457. The predicted octanol–water partition coefficient (Wildman–Crippen LogP) is 1.59. The number of nitrogens with two attached hydrogens (primary N) is 1. The van der Waals surface area contributed by atoms with E-state index in [1.807, 2.05) is 11.1 Å². The van der Waals surface area contributed by atoms with E-state index in [1.54, 1.807) is 6.20 Å². The summed E-state index contributed by atoms with van der Waals surface area (Å²) >= 11 is 0. The summed E-state index contributed by atoms with van der Waals surface area (Å²) in [7, 11) is 0. The summed E-state index contributed by atoms with van der Waals surface area (Å²) < 4.78 is 2.12. The van der Waals surface area contributed by atoms with Crippen LogP contribution in [0.4, 0.5) is 0 Å². The molecule has 1 aromatic heterocycles. The lowest BCUT2D eigenvalue weighted by Gasteiger charge is -2.35. The van der Waals surface area contributed by atoms with Gasteiger partial charge in [0.15, 0.2) is 0 Å². The average Bonchev–Trinajstić information content (AvgIpc) is 3.06. The van der Waals surface area contributed by atoms with E-state index in [0.717, 1.165) is 44.6 Å². The number of aromatic nitrogens is 2. The van der Waals surface area contributed by atoms with Gasteiger partial charge in [-0.15, -0.1) is 24.8 Å². The summed E-state index contributed by atoms with van der Waals surface area (Å²) in [6, 6.07) is 0. The summed E-state index contributed by atoms with van der Waals surface area (Å²) in [4.78, 5) is 18.9. The zero-order valence-electron chi connectivity index (χ0n) is 11.5. The van der Waals surface area contributed by atoms with Gasteiger partial charge in [-0.3, -0.25) is 4.79 Å². The van der Waals surface area contributed by atoms with Crippen molar-refractivity contribution in [3.8, 4) is 0 Å². The number of halogens is 2. The lowest BCUT2D eigenvalue weighted by Crippen LogP contribution is -2.49. The van der Waals surface area contributed by atoms with Gasteiger partial charge in [-0.25, -0.2) is 4.98 Å². The van der Waals surface area contributed by atoms with Crippen LogP contribution in [0.25, 0.3) is 0 Å². The van der Waals surface area contributed by atoms with Crippen molar-refractivity contribution in [3.05, 3.63) is 18.2 Å². The minimum Gasteiger partial charge on any atom is -0.333 e. The minimum atomic E-state index is -0.283. The Morgan fingerprint density at radius 2 is 2.00 bits per heavy atom. The molecule has 0 radical (unpaired) electrons. The second-order valence-corrected chi connectivity index (χ2v) is 5.46. The molecule has 1 fully saturated rings. The summed E-state index contributed by atoms with van der Waals surface area (Å²) in [5.41, 5.74) is 5.60. The number of fused-ring (bicyclic) bond motifs is 1. The van der Waals surface area contributed by atoms with Gasteiger partial charge in [0, 0.05) is 32.0 Å². The van der Waals surface area contributed by atoms with Crippen molar-refractivity contribution in [2.75, 3.05) is 13.1 Å². The highest BCUT2D eigenvalue weighted by atomic mass is 35.5. The smallest absolute Gasteiger partial charge is 0.230 e. The lowest BCUT2D eigenvalue weighted by molar-refractivity contribution is -0.143. The second kappa shape index (κ2) is 6.78. The molecule has 20 heavy (non-hydrogen) atoms. The Morgan fingerprint density at radius 1 is 1.30 bits per heavy atom. The number of hydrogen-bond acceptors (Lipinski definition) is 3. The maximum Gasteiger partial charge on any atom is 0.230 e. The van der Waals surface area contributed by atoms with Crippen LogP contribution >= 0.6 is 24.8 Å². The van der Waals surface area contributed by atoms with Crippen molar-refractivity contribution in [1.29, 1.82) is 0 Å². The summed E-state index contributed by atoms with van der Waals surface area (Å²) in [6.45, 7) is 2.75. The van der Waals surface area contributed by atoms with E-state index in [0.29, 0.717) is 13.1 Å². The fourth-order valence-corrected chi connectivity index (χ4v) is 3.24. The normalized spacial score (nSPS) is 19.8. The molecule has 1 saturated carbocycles. The molecule has 114 valence electrons. The first-order valence-corrected chi connectivity index (χ1v) is 6.75. The van der Waals surface area contributed by atoms with E-state index in [2.05, 4.69) is 9.55 Å². The Morgan fingerprint density at radius 3 is 2.65 bits per heavy atom. The topological polar surface area (TPSA) is 64.2 Å². The molecule has 2 N–H and O–H groups in total. The number of carbonyl (C=O) groups excluding carboxylic acids is 1. The highest BCUT2D eigenvalue weighted by molar-refractivity contribution is 5.85. The van der Waals surface area contributed by atoms with Crippen LogP contribution in [0.2, 0.25) is 0 Å². The highest BCUT2D eigenvalue weighted by Gasteiger charge is 2.42. The largest absolute Gasteiger partial charge is 0.333 e. The Balaban J connectivity index is 0.000001000. The molecule has 5 nitrogen and oxygen atoms in total. The fourth-order valence-electron chi connectivity index (χ4n) is 3.24. The third-order valence-electron chi connectivity index (χ3n) is 4.44. The molecule has 1 amide bonds. The molecule has 1 aliphatic heterocycles. The van der Waals surface area contributed by atoms with Gasteiger partial charge in [-0.05, 0) is 12.8 Å². The monoisotopic (exact) mass is 320 g/mol. The van der Waals surface area contributed by atoms with E-state index in [9.17, 15) is 4.79 Å². The first kappa shape index (κ1) is 17.3. The maximum absolute atomic E-state index is 12.7. The molecule has 0 spiro atoms. The summed E-state index contributed by atoms with van der Waals surface area (Å²) in [6.07, 6.45) is 7.94. The SMILES string of the molecule is Cl.Cl.NCC1(C(=O)N2CCn3ccnc3C2)CCCC1. The molecule has 0 aromatic carbocycles. The molecule has 0 unspecified atom stereocenters. The van der Waals surface area contributed by atoms with E-state index in [1.165, 1.54) is 0 Å². The van der Waals surface area contributed by atoms with Crippen LogP contribution in [-0.2, 0) is 17.9 Å². The standard InChI is InChI=1S/C13H20N4O.2ClH/c14-10-13(3-1-2-4-13)12(18)17-8-7-16-6-5-15-11(16)9-17;;/h5-6H,1-4,7-10,14H2;2*1H. The van der Waals surface area contributed by atoms with Gasteiger partial charge >= 0.3 is 0 Å². The second-order valence-electron chi connectivity index (χ2n) is 5.46. The van der Waals surface area contributed by atoms with Crippen molar-refractivity contribution >= 4 is 30.7 Å². The zero-order valence-corrected chi connectivity index (χ0v) is 13.1. The third kappa shape index (κ3) is 2.80. The maximum atomic E-state index is 12.7. The molecule has 2 aliphatic rings. The minimum absolute atomic E-state index is 0. The molecule has 0 bridgehead atoms. The van der Waals surface area contributed by atoms with E-state index in [-0.39, 0.29) is 36.1 Å². The van der Waals surface area contributed by atoms with Crippen LogP contribution in [0.5, 0.6) is 0 Å². The number of carbonyl (C=O) groups is 1. The van der Waals surface area contributed by atoms with Crippen molar-refractivity contribution < 1.29 is 4.79 Å². The van der Waals surface area contributed by atoms with Crippen molar-refractivity contribution in [3.63, 3.8) is 0 Å². The lowest BCUT2D eigenvalue weighted by atomic mass is 9.84. The van der Waals surface area contributed by atoms with Gasteiger partial charge in [0.1, 0.15) is 5.82 Å². The molecule has 2 heterocycles. The molecular formula is C13H22Cl2N4O. The summed E-state index contributed by atoms with van der Waals surface area (Å²) in [5.74, 6) is 1.23. The van der Waals surface area contributed by atoms with Gasteiger partial charge in [-0.1, -0.05) is 12.8 Å². The molecular weight excluding hydrogens is 299 g/mol. The molecule has 1 aliphatic carbocycles. The molecule has 7 heteroatoms. The molecule has 1 aromatic rings. The van der Waals surface area contributed by atoms with Crippen molar-refractivity contribution in [2.45, 2.75) is 38.8 Å². The van der Waals surface area contributed by atoms with E-state index in [4.69, 9.17) is 5.73 Å². The Kier molecular flexibility index (Phi) is 5.86. The molecule has 0 atom stereocenters. The van der Waals surface area contributed by atoms with Gasteiger partial charge < -0.3 is 15.2 Å². The van der Waals surface area contributed by atoms with Gasteiger partial charge in [0.05, 0.1) is 12.0 Å². The number of amides is 1. The van der Waals surface area contributed by atoms with Crippen LogP contribution in [0.3, 0.4) is 0 Å². The number of hydrogen-bond donors (Lipinski definition) is 1. The number of imidazole rings is 1. The van der Waals surface area contributed by atoms with Gasteiger partial charge in [0.2, 0.25) is 5.91 Å². The molecule has 3 rings (SSSR count). The first-order valence-electron chi connectivity index (χ1n) is 6.75. The van der Waals surface area contributed by atoms with Crippen LogP contribution in [0, 0.1) is 5.41 Å². The number of rotatable bonds is 2. The quantitative estimate of drug-likeness (QED) is 0.900.